The zero-order valence-electron chi connectivity index (χ0n) is 16.5. The molecule has 6 nitrogen and oxygen atoms in total. The molecule has 29 heavy (non-hydrogen) atoms. The molecular weight excluding hydrogens is 500 g/mol. The van der Waals surface area contributed by atoms with Crippen LogP contribution in [0.3, 0.4) is 0 Å². The van der Waals surface area contributed by atoms with Crippen molar-refractivity contribution in [1.29, 1.82) is 0 Å². The van der Waals surface area contributed by atoms with Gasteiger partial charge in [-0.3, -0.25) is 4.90 Å². The molecule has 0 saturated heterocycles. The fourth-order valence-electron chi connectivity index (χ4n) is 2.58. The van der Waals surface area contributed by atoms with Gasteiger partial charge in [-0.2, -0.15) is 0 Å². The number of aliphatic imine (C=N–C) groups is 1. The van der Waals surface area contributed by atoms with E-state index >= 15 is 0 Å². The zero-order chi connectivity index (χ0) is 20.6. The van der Waals surface area contributed by atoms with Gasteiger partial charge < -0.3 is 19.8 Å². The van der Waals surface area contributed by atoms with E-state index in [9.17, 15) is 13.2 Å². The Morgan fingerprint density at radius 2 is 1.90 bits per heavy atom. The van der Waals surface area contributed by atoms with E-state index in [4.69, 9.17) is 4.42 Å². The third kappa shape index (κ3) is 8.52. The summed E-state index contributed by atoms with van der Waals surface area (Å²) in [6.07, 6.45) is -3.13. The number of nitrogens with one attached hydrogen (secondary N) is 2. The Labute approximate surface area is 185 Å². The van der Waals surface area contributed by atoms with Crippen LogP contribution in [0.4, 0.5) is 13.2 Å². The van der Waals surface area contributed by atoms with Crippen LogP contribution < -0.4 is 15.4 Å². The molecule has 1 unspecified atom stereocenters. The topological polar surface area (TPSA) is 62.0 Å². The first-order valence-corrected chi connectivity index (χ1v) is 8.85. The summed E-state index contributed by atoms with van der Waals surface area (Å²) in [5, 5.41) is 6.29. The van der Waals surface area contributed by atoms with Gasteiger partial charge in [0.15, 0.2) is 5.96 Å². The van der Waals surface area contributed by atoms with Crippen LogP contribution in [0.2, 0.25) is 0 Å². The average Bonchev–Trinajstić information content (AvgIpc) is 3.13. The lowest BCUT2D eigenvalue weighted by Crippen LogP contribution is -2.41. The Kier molecular flexibility index (Phi) is 10.3. The van der Waals surface area contributed by atoms with E-state index in [1.165, 1.54) is 12.1 Å². The highest BCUT2D eigenvalue weighted by molar-refractivity contribution is 14.0. The van der Waals surface area contributed by atoms with Gasteiger partial charge in [0, 0.05) is 18.7 Å². The number of likely N-dealkylation sites (N-methyl/N-ethyl adjacent to an activating group) is 1. The van der Waals surface area contributed by atoms with E-state index in [2.05, 4.69) is 20.4 Å². The van der Waals surface area contributed by atoms with E-state index in [1.807, 2.05) is 38.1 Å². The van der Waals surface area contributed by atoms with Crippen molar-refractivity contribution in [2.24, 2.45) is 4.99 Å². The van der Waals surface area contributed by atoms with Crippen LogP contribution in [-0.2, 0) is 6.54 Å². The minimum absolute atomic E-state index is 0. The third-order valence-electron chi connectivity index (χ3n) is 3.91. The standard InChI is InChI=1S/C19H25F3N4O2.HI/c1-4-23-18(25-13-15(26(2)3)17-10-7-11-27-17)24-12-14-8-5-6-9-16(14)28-19(20,21)22;/h5-11,15H,4,12-13H2,1-3H3,(H2,23,24,25);1H. The van der Waals surface area contributed by atoms with Crippen LogP contribution >= 0.6 is 24.0 Å². The normalized spacial score (nSPS) is 13.0. The maximum Gasteiger partial charge on any atom is 0.573 e. The number of hydrogen-bond acceptors (Lipinski definition) is 4. The molecule has 1 aromatic carbocycles. The van der Waals surface area contributed by atoms with Gasteiger partial charge in [0.05, 0.1) is 18.8 Å². The molecule has 10 heteroatoms. The molecule has 0 saturated carbocycles. The lowest BCUT2D eigenvalue weighted by Gasteiger charge is -2.23. The quantitative estimate of drug-likeness (QED) is 0.308. The summed E-state index contributed by atoms with van der Waals surface area (Å²) in [5.74, 6) is 1.04. The van der Waals surface area contributed by atoms with Crippen molar-refractivity contribution in [3.63, 3.8) is 0 Å². The van der Waals surface area contributed by atoms with Crippen LogP contribution in [0.5, 0.6) is 5.75 Å². The number of nitrogens with zero attached hydrogens (tertiary/aromatic N) is 2. The van der Waals surface area contributed by atoms with Crippen LogP contribution in [0.1, 0.15) is 24.3 Å². The number of ether oxygens (including phenoxy) is 1. The van der Waals surface area contributed by atoms with Crippen LogP contribution in [0.25, 0.3) is 0 Å². The summed E-state index contributed by atoms with van der Waals surface area (Å²) in [5.41, 5.74) is 0.340. The molecule has 0 aliphatic heterocycles. The number of para-hydroxylation sites is 1. The molecule has 0 aliphatic rings. The Morgan fingerprint density at radius 3 is 2.48 bits per heavy atom. The van der Waals surface area contributed by atoms with Gasteiger partial charge in [-0.05, 0) is 39.2 Å². The van der Waals surface area contributed by atoms with Gasteiger partial charge in [0.2, 0.25) is 0 Å². The predicted molar refractivity (Wildman–Crippen MR) is 116 cm³/mol. The molecule has 2 aromatic rings. The molecule has 0 fully saturated rings. The smallest absolute Gasteiger partial charge is 0.468 e. The molecule has 1 heterocycles. The van der Waals surface area contributed by atoms with Crippen molar-refractivity contribution in [3.05, 3.63) is 54.0 Å². The van der Waals surface area contributed by atoms with Gasteiger partial charge in [0.25, 0.3) is 0 Å². The Morgan fingerprint density at radius 1 is 1.17 bits per heavy atom. The van der Waals surface area contributed by atoms with Crippen LogP contribution in [0.15, 0.2) is 52.1 Å². The maximum atomic E-state index is 12.6. The first-order chi connectivity index (χ1) is 13.3. The Hall–Kier alpha value is -1.95. The summed E-state index contributed by atoms with van der Waals surface area (Å²) in [6, 6.07) is 9.65. The van der Waals surface area contributed by atoms with E-state index < -0.39 is 6.36 Å². The van der Waals surface area contributed by atoms with E-state index in [0.717, 1.165) is 5.76 Å². The fraction of sp³-hybridized carbons (Fsp3) is 0.421. The molecule has 0 radical (unpaired) electrons. The molecule has 162 valence electrons. The van der Waals surface area contributed by atoms with Crippen molar-refractivity contribution in [2.75, 3.05) is 27.2 Å². The second-order valence-corrected chi connectivity index (χ2v) is 6.23. The zero-order valence-corrected chi connectivity index (χ0v) is 18.8. The second-order valence-electron chi connectivity index (χ2n) is 6.23. The molecule has 2 rings (SSSR count). The van der Waals surface area contributed by atoms with Gasteiger partial charge >= 0.3 is 6.36 Å². The molecule has 0 spiro atoms. The molecule has 2 N–H and O–H groups in total. The van der Waals surface area contributed by atoms with Crippen molar-refractivity contribution in [3.8, 4) is 5.75 Å². The number of furan rings is 1. The highest BCUT2D eigenvalue weighted by Crippen LogP contribution is 2.26. The minimum Gasteiger partial charge on any atom is -0.468 e. The summed E-state index contributed by atoms with van der Waals surface area (Å²) in [4.78, 5) is 6.39. The maximum absolute atomic E-state index is 12.6. The molecule has 0 amide bonds. The number of guanidine groups is 1. The van der Waals surface area contributed by atoms with Crippen molar-refractivity contribution >= 4 is 29.9 Å². The second kappa shape index (κ2) is 11.9. The lowest BCUT2D eigenvalue weighted by molar-refractivity contribution is -0.274. The number of hydrogen-bond donors (Lipinski definition) is 2. The number of halogens is 4. The van der Waals surface area contributed by atoms with Crippen LogP contribution in [-0.4, -0.2) is 44.4 Å². The molecule has 1 aromatic heterocycles. The average molecular weight is 526 g/mol. The van der Waals surface area contributed by atoms with Gasteiger partial charge in [-0.15, -0.1) is 37.1 Å². The molecule has 1 atom stereocenters. The molecule has 0 bridgehead atoms. The molecule has 0 aliphatic carbocycles. The van der Waals surface area contributed by atoms with E-state index in [-0.39, 0.29) is 42.3 Å². The molecular formula is C19H26F3IN4O2. The number of alkyl halides is 3. The summed E-state index contributed by atoms with van der Waals surface area (Å²) >= 11 is 0. The first kappa shape index (κ1) is 25.1. The summed E-state index contributed by atoms with van der Waals surface area (Å²) in [7, 11) is 3.87. The number of rotatable bonds is 8. The monoisotopic (exact) mass is 526 g/mol. The highest BCUT2D eigenvalue weighted by Gasteiger charge is 2.31. The Bertz CT molecular complexity index is 752. The number of benzene rings is 1. The first-order valence-electron chi connectivity index (χ1n) is 8.85. The van der Waals surface area contributed by atoms with E-state index in [0.29, 0.717) is 24.6 Å². The predicted octanol–water partition coefficient (Wildman–Crippen LogP) is 4.15. The lowest BCUT2D eigenvalue weighted by atomic mass is 10.2. The summed E-state index contributed by atoms with van der Waals surface area (Å²) < 4.78 is 47.2. The fourth-order valence-corrected chi connectivity index (χ4v) is 2.58. The van der Waals surface area contributed by atoms with Gasteiger partial charge in [-0.1, -0.05) is 18.2 Å². The van der Waals surface area contributed by atoms with E-state index in [1.54, 1.807) is 18.4 Å². The van der Waals surface area contributed by atoms with Crippen molar-refractivity contribution in [2.45, 2.75) is 25.9 Å². The largest absolute Gasteiger partial charge is 0.573 e. The van der Waals surface area contributed by atoms with Gasteiger partial charge in [0.1, 0.15) is 11.5 Å². The SMILES string of the molecule is CCNC(=NCc1ccccc1OC(F)(F)F)NCC(c1ccco1)N(C)C.I. The summed E-state index contributed by atoms with van der Waals surface area (Å²) in [6.45, 7) is 3.07. The van der Waals surface area contributed by atoms with Crippen molar-refractivity contribution in [1.82, 2.24) is 15.5 Å². The Balaban J connectivity index is 0.00000420. The minimum atomic E-state index is -4.75. The third-order valence-corrected chi connectivity index (χ3v) is 3.91. The highest BCUT2D eigenvalue weighted by atomic mass is 127. The van der Waals surface area contributed by atoms with Crippen LogP contribution in [0, 0.1) is 0 Å². The van der Waals surface area contributed by atoms with Crippen molar-refractivity contribution < 1.29 is 22.3 Å². The van der Waals surface area contributed by atoms with Gasteiger partial charge in [-0.25, -0.2) is 4.99 Å².